The van der Waals surface area contributed by atoms with Gasteiger partial charge in [-0.2, -0.15) is 0 Å². The van der Waals surface area contributed by atoms with Gasteiger partial charge in [0.05, 0.1) is 15.8 Å². The van der Waals surface area contributed by atoms with Gasteiger partial charge in [0.2, 0.25) is 5.91 Å². The molecule has 2 aliphatic rings. The van der Waals surface area contributed by atoms with E-state index in [9.17, 15) is 9.18 Å². The minimum atomic E-state index is -0.342. The largest absolute Gasteiger partial charge is 0.397 e. The van der Waals surface area contributed by atoms with E-state index in [2.05, 4.69) is 26.1 Å². The Morgan fingerprint density at radius 3 is 3.00 bits per heavy atom. The smallest absolute Gasteiger partial charge is 0.220 e. The zero-order chi connectivity index (χ0) is 14.3. The Labute approximate surface area is 125 Å². The van der Waals surface area contributed by atoms with Gasteiger partial charge < -0.3 is 16.0 Å². The number of nitrogens with two attached hydrogens (primary N) is 1. The highest BCUT2D eigenvalue weighted by atomic mass is 79.9. The quantitative estimate of drug-likeness (QED) is 0.770. The lowest BCUT2D eigenvalue weighted by Crippen LogP contribution is -2.54. The molecule has 6 heteroatoms. The topological polar surface area (TPSA) is 58.4 Å². The van der Waals surface area contributed by atoms with Gasteiger partial charge in [0.15, 0.2) is 0 Å². The first kappa shape index (κ1) is 13.7. The van der Waals surface area contributed by atoms with E-state index in [4.69, 9.17) is 5.73 Å². The molecule has 3 N–H and O–H groups in total. The molecule has 2 atom stereocenters. The predicted molar refractivity (Wildman–Crippen MR) is 80.0 cm³/mol. The van der Waals surface area contributed by atoms with Gasteiger partial charge in [-0.1, -0.05) is 0 Å². The molecule has 1 aromatic rings. The van der Waals surface area contributed by atoms with Crippen LogP contribution in [0.5, 0.6) is 0 Å². The van der Waals surface area contributed by atoms with Crippen molar-refractivity contribution in [1.29, 1.82) is 0 Å². The van der Waals surface area contributed by atoms with Crippen molar-refractivity contribution in [2.45, 2.75) is 25.3 Å². The van der Waals surface area contributed by atoms with Crippen molar-refractivity contribution in [2.75, 3.05) is 23.7 Å². The van der Waals surface area contributed by atoms with E-state index in [0.29, 0.717) is 22.5 Å². The number of fused-ring (bicyclic) bond motifs is 1. The maximum absolute atomic E-state index is 13.4. The molecule has 2 aliphatic heterocycles. The fourth-order valence-corrected chi connectivity index (χ4v) is 3.49. The Morgan fingerprint density at radius 2 is 2.20 bits per heavy atom. The van der Waals surface area contributed by atoms with Crippen LogP contribution in [0.3, 0.4) is 0 Å². The molecular formula is C14H17BrFN3O. The molecule has 0 bridgehead atoms. The summed E-state index contributed by atoms with van der Waals surface area (Å²) in [5.41, 5.74) is 7.27. The van der Waals surface area contributed by atoms with Crippen molar-refractivity contribution in [2.24, 2.45) is 5.92 Å². The highest BCUT2D eigenvalue weighted by Crippen LogP contribution is 2.34. The van der Waals surface area contributed by atoms with Crippen LogP contribution in [0.25, 0.3) is 0 Å². The molecule has 2 heterocycles. The fraction of sp³-hybridized carbons (Fsp3) is 0.500. The summed E-state index contributed by atoms with van der Waals surface area (Å²) >= 11 is 3.21. The monoisotopic (exact) mass is 341 g/mol. The molecule has 0 aliphatic carbocycles. The number of nitrogens with one attached hydrogen (secondary N) is 1. The number of nitrogens with zero attached hydrogens (tertiary/aromatic N) is 1. The van der Waals surface area contributed by atoms with Gasteiger partial charge in [0, 0.05) is 31.6 Å². The van der Waals surface area contributed by atoms with E-state index >= 15 is 0 Å². The van der Waals surface area contributed by atoms with Gasteiger partial charge in [0.25, 0.3) is 0 Å². The molecule has 0 saturated carbocycles. The van der Waals surface area contributed by atoms with Crippen LogP contribution in [0.1, 0.15) is 19.3 Å². The van der Waals surface area contributed by atoms with Crippen molar-refractivity contribution < 1.29 is 9.18 Å². The lowest BCUT2D eigenvalue weighted by Gasteiger charge is -2.42. The minimum Gasteiger partial charge on any atom is -0.397 e. The summed E-state index contributed by atoms with van der Waals surface area (Å²) in [5.74, 6) is 0.263. The molecular weight excluding hydrogens is 325 g/mol. The van der Waals surface area contributed by atoms with Crippen molar-refractivity contribution in [1.82, 2.24) is 5.32 Å². The molecule has 4 nitrogen and oxygen atoms in total. The SMILES string of the molecule is Nc1cc(F)c(Br)cc1N1CCC2NC(=O)CCC2C1. The Bertz CT molecular complexity index is 551. The molecule has 20 heavy (non-hydrogen) atoms. The maximum Gasteiger partial charge on any atom is 0.220 e. The van der Waals surface area contributed by atoms with E-state index in [-0.39, 0.29) is 17.8 Å². The molecule has 0 aromatic heterocycles. The van der Waals surface area contributed by atoms with Crippen molar-refractivity contribution >= 4 is 33.2 Å². The molecule has 1 amide bonds. The first-order valence-electron chi connectivity index (χ1n) is 6.83. The third kappa shape index (κ3) is 2.49. The van der Waals surface area contributed by atoms with Crippen LogP contribution in [0.15, 0.2) is 16.6 Å². The van der Waals surface area contributed by atoms with Gasteiger partial charge in [-0.05, 0) is 40.8 Å². The van der Waals surface area contributed by atoms with Crippen LogP contribution < -0.4 is 16.0 Å². The highest BCUT2D eigenvalue weighted by Gasteiger charge is 2.34. The number of amides is 1. The summed E-state index contributed by atoms with van der Waals surface area (Å²) in [5, 5.41) is 3.06. The highest BCUT2D eigenvalue weighted by molar-refractivity contribution is 9.10. The normalized spacial score (nSPS) is 26.1. The third-order valence-electron chi connectivity index (χ3n) is 4.23. The van der Waals surface area contributed by atoms with Gasteiger partial charge in [-0.3, -0.25) is 4.79 Å². The number of nitrogen functional groups attached to an aromatic ring is 1. The van der Waals surface area contributed by atoms with E-state index in [1.165, 1.54) is 6.07 Å². The van der Waals surface area contributed by atoms with Gasteiger partial charge in [-0.25, -0.2) is 4.39 Å². The van der Waals surface area contributed by atoms with Crippen LogP contribution in [-0.2, 0) is 4.79 Å². The van der Waals surface area contributed by atoms with Crippen molar-refractivity contribution in [3.8, 4) is 0 Å². The second-order valence-electron chi connectivity index (χ2n) is 5.53. The predicted octanol–water partition coefficient (Wildman–Crippen LogP) is 2.28. The van der Waals surface area contributed by atoms with Gasteiger partial charge in [-0.15, -0.1) is 0 Å². The first-order chi connectivity index (χ1) is 9.54. The van der Waals surface area contributed by atoms with E-state index in [0.717, 1.165) is 31.6 Å². The van der Waals surface area contributed by atoms with Crippen LogP contribution in [-0.4, -0.2) is 25.0 Å². The third-order valence-corrected chi connectivity index (χ3v) is 4.84. The summed E-state index contributed by atoms with van der Waals surface area (Å²) in [4.78, 5) is 13.6. The van der Waals surface area contributed by atoms with Crippen LogP contribution in [0, 0.1) is 11.7 Å². The molecule has 3 rings (SSSR count). The summed E-state index contributed by atoms with van der Waals surface area (Å²) in [6.45, 7) is 1.68. The van der Waals surface area contributed by atoms with Gasteiger partial charge >= 0.3 is 0 Å². The second kappa shape index (κ2) is 5.24. The summed E-state index contributed by atoms with van der Waals surface area (Å²) in [6.07, 6.45) is 2.41. The first-order valence-corrected chi connectivity index (χ1v) is 7.62. The number of piperidine rings is 2. The average Bonchev–Trinajstić information content (AvgIpc) is 2.42. The molecule has 2 fully saturated rings. The zero-order valence-electron chi connectivity index (χ0n) is 11.0. The summed E-state index contributed by atoms with van der Waals surface area (Å²) in [7, 11) is 0. The summed E-state index contributed by atoms with van der Waals surface area (Å²) in [6, 6.07) is 3.37. The number of carbonyl (C=O) groups is 1. The Kier molecular flexibility index (Phi) is 3.58. The second-order valence-corrected chi connectivity index (χ2v) is 6.39. The van der Waals surface area contributed by atoms with E-state index < -0.39 is 0 Å². The maximum atomic E-state index is 13.4. The number of benzene rings is 1. The zero-order valence-corrected chi connectivity index (χ0v) is 12.6. The molecule has 2 saturated heterocycles. The molecule has 2 unspecified atom stereocenters. The average molecular weight is 342 g/mol. The molecule has 108 valence electrons. The van der Waals surface area contributed by atoms with E-state index in [1.807, 2.05) is 0 Å². The van der Waals surface area contributed by atoms with Crippen molar-refractivity contribution in [3.05, 3.63) is 22.4 Å². The number of halogens is 2. The standard InChI is InChI=1S/C14H17BrFN3O/c15-9-5-13(11(17)6-10(9)16)19-4-3-12-8(7-19)1-2-14(20)18-12/h5-6,8,12H,1-4,7,17H2,(H,18,20). The van der Waals surface area contributed by atoms with Crippen LogP contribution in [0.4, 0.5) is 15.8 Å². The van der Waals surface area contributed by atoms with Crippen LogP contribution >= 0.6 is 15.9 Å². The number of anilines is 2. The van der Waals surface area contributed by atoms with Crippen molar-refractivity contribution in [3.63, 3.8) is 0 Å². The Hall–Kier alpha value is -1.30. The Balaban J connectivity index is 1.80. The lowest BCUT2D eigenvalue weighted by atomic mass is 9.85. The summed E-state index contributed by atoms with van der Waals surface area (Å²) < 4.78 is 13.9. The Morgan fingerprint density at radius 1 is 1.40 bits per heavy atom. The number of hydrogen-bond donors (Lipinski definition) is 2. The number of carbonyl (C=O) groups excluding carboxylic acids is 1. The number of hydrogen-bond acceptors (Lipinski definition) is 3. The molecule has 0 radical (unpaired) electrons. The van der Waals surface area contributed by atoms with E-state index in [1.54, 1.807) is 6.07 Å². The molecule has 0 spiro atoms. The lowest BCUT2D eigenvalue weighted by molar-refractivity contribution is -0.124. The molecule has 1 aromatic carbocycles. The fourth-order valence-electron chi connectivity index (χ4n) is 3.15. The minimum absolute atomic E-state index is 0.156. The number of rotatable bonds is 1. The van der Waals surface area contributed by atoms with Crippen LogP contribution in [0.2, 0.25) is 0 Å². The van der Waals surface area contributed by atoms with Gasteiger partial charge in [0.1, 0.15) is 5.82 Å².